The lowest BCUT2D eigenvalue weighted by molar-refractivity contribution is 0.585. The quantitative estimate of drug-likeness (QED) is 0.460. The molecule has 58 valence electrons. The van der Waals surface area contributed by atoms with E-state index in [1.165, 1.54) is 12.8 Å². The van der Waals surface area contributed by atoms with E-state index in [-0.39, 0.29) is 0 Å². The van der Waals surface area contributed by atoms with E-state index in [2.05, 4.69) is 13.5 Å². The number of hydrogen-bond acceptors (Lipinski definition) is 1. The van der Waals surface area contributed by atoms with Crippen LogP contribution in [0.1, 0.15) is 26.2 Å². The first-order chi connectivity index (χ1) is 4.72. The Labute approximate surface area is 63.0 Å². The molecule has 0 unspecified atom stereocenters. The van der Waals surface area contributed by atoms with Crippen molar-refractivity contribution in [3.8, 4) is 0 Å². The van der Waals surface area contributed by atoms with E-state index in [0.29, 0.717) is 0 Å². The third-order valence-electron chi connectivity index (χ3n) is 1.51. The predicted molar refractivity (Wildman–Crippen MR) is 45.2 cm³/mol. The maximum absolute atomic E-state index is 6.91. The van der Waals surface area contributed by atoms with Crippen molar-refractivity contribution in [1.29, 1.82) is 5.41 Å². The first kappa shape index (κ1) is 9.21. The SMILES string of the molecule is C=C(CCCC)N(C)C=N. The lowest BCUT2D eigenvalue weighted by Gasteiger charge is -2.14. The number of unbranched alkanes of at least 4 members (excludes halogenated alkanes) is 1. The molecule has 0 heterocycles. The minimum absolute atomic E-state index is 1.00. The minimum Gasteiger partial charge on any atom is -0.340 e. The van der Waals surface area contributed by atoms with Crippen LogP contribution in [-0.2, 0) is 0 Å². The van der Waals surface area contributed by atoms with Crippen molar-refractivity contribution in [2.45, 2.75) is 26.2 Å². The number of rotatable bonds is 5. The van der Waals surface area contributed by atoms with Crippen LogP contribution in [0.3, 0.4) is 0 Å². The van der Waals surface area contributed by atoms with Gasteiger partial charge < -0.3 is 4.90 Å². The van der Waals surface area contributed by atoms with E-state index in [1.54, 1.807) is 4.90 Å². The first-order valence-electron chi connectivity index (χ1n) is 3.63. The van der Waals surface area contributed by atoms with Crippen molar-refractivity contribution in [2.24, 2.45) is 0 Å². The van der Waals surface area contributed by atoms with Crippen LogP contribution in [0.5, 0.6) is 0 Å². The number of nitrogens with zero attached hydrogens (tertiary/aromatic N) is 1. The highest BCUT2D eigenvalue weighted by Gasteiger charge is 1.95. The van der Waals surface area contributed by atoms with Crippen molar-refractivity contribution in [3.05, 3.63) is 12.3 Å². The number of allylic oxidation sites excluding steroid dienone is 1. The van der Waals surface area contributed by atoms with Crippen LogP contribution in [0.15, 0.2) is 12.3 Å². The average Bonchev–Trinajstić information content (AvgIpc) is 1.98. The average molecular weight is 140 g/mol. The Hall–Kier alpha value is -0.790. The Morgan fingerprint density at radius 2 is 2.30 bits per heavy atom. The van der Waals surface area contributed by atoms with Gasteiger partial charge in [-0.05, 0) is 12.8 Å². The summed E-state index contributed by atoms with van der Waals surface area (Å²) in [6, 6.07) is 0. The van der Waals surface area contributed by atoms with Gasteiger partial charge in [0.2, 0.25) is 0 Å². The highest BCUT2D eigenvalue weighted by molar-refractivity contribution is 5.53. The molecule has 0 atom stereocenters. The second-order valence-electron chi connectivity index (χ2n) is 2.41. The van der Waals surface area contributed by atoms with Crippen LogP contribution in [-0.4, -0.2) is 18.3 Å². The molecule has 1 N–H and O–H groups in total. The molecular formula is C8H16N2. The molecular weight excluding hydrogens is 124 g/mol. The molecule has 0 amide bonds. The molecule has 0 spiro atoms. The summed E-state index contributed by atoms with van der Waals surface area (Å²) >= 11 is 0. The van der Waals surface area contributed by atoms with Crippen molar-refractivity contribution < 1.29 is 0 Å². The zero-order valence-electron chi connectivity index (χ0n) is 6.85. The lowest BCUT2D eigenvalue weighted by atomic mass is 10.2. The molecule has 0 saturated heterocycles. The Kier molecular flexibility index (Phi) is 4.63. The molecule has 0 rings (SSSR count). The van der Waals surface area contributed by atoms with Gasteiger partial charge >= 0.3 is 0 Å². The van der Waals surface area contributed by atoms with Gasteiger partial charge in [0.25, 0.3) is 0 Å². The first-order valence-corrected chi connectivity index (χ1v) is 3.63. The zero-order valence-corrected chi connectivity index (χ0v) is 6.85. The fourth-order valence-corrected chi connectivity index (χ4v) is 0.648. The molecule has 0 radical (unpaired) electrons. The smallest absolute Gasteiger partial charge is 0.0856 e. The van der Waals surface area contributed by atoms with Gasteiger partial charge in [0.1, 0.15) is 0 Å². The fourth-order valence-electron chi connectivity index (χ4n) is 0.648. The van der Waals surface area contributed by atoms with E-state index in [9.17, 15) is 0 Å². The summed E-state index contributed by atoms with van der Waals surface area (Å²) in [4.78, 5) is 1.75. The largest absolute Gasteiger partial charge is 0.340 e. The molecule has 0 aromatic rings. The van der Waals surface area contributed by atoms with Crippen LogP contribution >= 0.6 is 0 Å². The van der Waals surface area contributed by atoms with Gasteiger partial charge in [-0.2, -0.15) is 0 Å². The second-order valence-corrected chi connectivity index (χ2v) is 2.41. The van der Waals surface area contributed by atoms with E-state index in [0.717, 1.165) is 18.5 Å². The van der Waals surface area contributed by atoms with Crippen LogP contribution in [0, 0.1) is 5.41 Å². The zero-order chi connectivity index (χ0) is 7.98. The molecule has 0 fully saturated rings. The summed E-state index contributed by atoms with van der Waals surface area (Å²) in [5.74, 6) is 0. The third-order valence-corrected chi connectivity index (χ3v) is 1.51. The van der Waals surface area contributed by atoms with Crippen molar-refractivity contribution in [1.82, 2.24) is 4.90 Å². The molecule has 0 aromatic heterocycles. The molecule has 2 nitrogen and oxygen atoms in total. The molecule has 0 aliphatic rings. The van der Waals surface area contributed by atoms with Gasteiger partial charge in [-0.3, -0.25) is 5.41 Å². The Morgan fingerprint density at radius 3 is 2.70 bits per heavy atom. The predicted octanol–water partition coefficient (Wildman–Crippen LogP) is 2.23. The Bertz CT molecular complexity index is 118. The molecule has 0 aromatic carbocycles. The monoisotopic (exact) mass is 140 g/mol. The van der Waals surface area contributed by atoms with Crippen LogP contribution < -0.4 is 0 Å². The lowest BCUT2D eigenvalue weighted by Crippen LogP contribution is -2.13. The molecule has 0 bridgehead atoms. The van der Waals surface area contributed by atoms with Crippen LogP contribution in [0.2, 0.25) is 0 Å². The normalized spacial score (nSPS) is 9.00. The highest BCUT2D eigenvalue weighted by Crippen LogP contribution is 2.06. The van der Waals surface area contributed by atoms with Crippen molar-refractivity contribution >= 4 is 6.34 Å². The second kappa shape index (κ2) is 5.03. The van der Waals surface area contributed by atoms with E-state index in [1.807, 2.05) is 7.05 Å². The Morgan fingerprint density at radius 1 is 1.70 bits per heavy atom. The Balaban J connectivity index is 3.51. The number of hydrogen-bond donors (Lipinski definition) is 1. The summed E-state index contributed by atoms with van der Waals surface area (Å²) in [5, 5.41) is 6.91. The molecule has 2 heteroatoms. The van der Waals surface area contributed by atoms with E-state index in [4.69, 9.17) is 5.41 Å². The molecule has 0 aliphatic heterocycles. The molecule has 10 heavy (non-hydrogen) atoms. The summed E-state index contributed by atoms with van der Waals surface area (Å²) in [6.45, 7) is 5.99. The fraction of sp³-hybridized carbons (Fsp3) is 0.625. The summed E-state index contributed by atoms with van der Waals surface area (Å²) < 4.78 is 0. The minimum atomic E-state index is 1.00. The van der Waals surface area contributed by atoms with Crippen molar-refractivity contribution in [2.75, 3.05) is 7.05 Å². The van der Waals surface area contributed by atoms with Gasteiger partial charge in [0.15, 0.2) is 0 Å². The van der Waals surface area contributed by atoms with Gasteiger partial charge in [0, 0.05) is 12.7 Å². The molecule has 0 saturated carbocycles. The topological polar surface area (TPSA) is 27.1 Å². The van der Waals surface area contributed by atoms with Crippen LogP contribution in [0.4, 0.5) is 0 Å². The van der Waals surface area contributed by atoms with Crippen LogP contribution in [0.25, 0.3) is 0 Å². The van der Waals surface area contributed by atoms with E-state index < -0.39 is 0 Å². The number of nitrogens with one attached hydrogen (secondary N) is 1. The van der Waals surface area contributed by atoms with Crippen molar-refractivity contribution in [3.63, 3.8) is 0 Å². The molecule has 0 aliphatic carbocycles. The summed E-state index contributed by atoms with van der Waals surface area (Å²) in [7, 11) is 1.85. The summed E-state index contributed by atoms with van der Waals surface area (Å²) in [5.41, 5.74) is 1.02. The van der Waals surface area contributed by atoms with Gasteiger partial charge in [0.05, 0.1) is 6.34 Å². The maximum atomic E-state index is 6.91. The summed E-state index contributed by atoms with van der Waals surface area (Å²) in [6.07, 6.45) is 4.64. The van der Waals surface area contributed by atoms with E-state index >= 15 is 0 Å². The van der Waals surface area contributed by atoms with Gasteiger partial charge in [-0.1, -0.05) is 19.9 Å². The van der Waals surface area contributed by atoms with Gasteiger partial charge in [-0.25, -0.2) is 0 Å². The maximum Gasteiger partial charge on any atom is 0.0856 e. The standard InChI is InChI=1S/C8H16N2/c1-4-5-6-8(2)10(3)7-9/h7,9H,2,4-6H2,1,3H3. The highest BCUT2D eigenvalue weighted by atomic mass is 15.1. The third kappa shape index (κ3) is 3.28. The van der Waals surface area contributed by atoms with Gasteiger partial charge in [-0.15, -0.1) is 0 Å².